The Hall–Kier alpha value is -1.39. The summed E-state index contributed by atoms with van der Waals surface area (Å²) in [5.41, 5.74) is 0. The molecule has 0 amide bonds. The number of imidazole rings is 1. The van der Waals surface area contributed by atoms with Gasteiger partial charge in [-0.3, -0.25) is 10.1 Å². The minimum Gasteiger partial charge on any atom is -0.331 e. The summed E-state index contributed by atoms with van der Waals surface area (Å²) in [5.74, 6) is 0. The lowest BCUT2D eigenvalue weighted by molar-refractivity contribution is -0.524. The molecule has 1 aromatic rings. The fraction of sp³-hybridized carbons (Fsp3) is 0.571. The van der Waals surface area contributed by atoms with Crippen molar-refractivity contribution in [3.8, 4) is 0 Å². The normalized spacial score (nSPS) is 12.8. The van der Waals surface area contributed by atoms with E-state index in [1.807, 2.05) is 6.92 Å². The van der Waals surface area contributed by atoms with E-state index in [9.17, 15) is 10.1 Å². The maximum Gasteiger partial charge on any atom is 0.230 e. The second kappa shape index (κ2) is 3.85. The molecule has 0 aliphatic heterocycles. The van der Waals surface area contributed by atoms with E-state index >= 15 is 0 Å². The smallest absolute Gasteiger partial charge is 0.230 e. The van der Waals surface area contributed by atoms with E-state index < -0.39 is 6.04 Å². The highest BCUT2D eigenvalue weighted by Crippen LogP contribution is 2.00. The molecule has 0 aliphatic rings. The van der Waals surface area contributed by atoms with E-state index in [0.29, 0.717) is 13.0 Å². The third kappa shape index (κ3) is 2.05. The molecule has 1 rings (SSSR count). The molecule has 1 unspecified atom stereocenters. The van der Waals surface area contributed by atoms with Gasteiger partial charge in [-0.25, -0.2) is 4.98 Å². The molecule has 0 radical (unpaired) electrons. The molecule has 1 atom stereocenters. The lowest BCUT2D eigenvalue weighted by Crippen LogP contribution is -2.23. The Morgan fingerprint density at radius 3 is 2.92 bits per heavy atom. The number of hydrogen-bond donors (Lipinski definition) is 0. The molecule has 1 heterocycles. The molecule has 12 heavy (non-hydrogen) atoms. The van der Waals surface area contributed by atoms with E-state index in [1.54, 1.807) is 23.3 Å². The van der Waals surface area contributed by atoms with Crippen LogP contribution >= 0.6 is 0 Å². The Labute approximate surface area is 70.2 Å². The lowest BCUT2D eigenvalue weighted by Gasteiger charge is -2.06. The van der Waals surface area contributed by atoms with Gasteiger partial charge >= 0.3 is 0 Å². The summed E-state index contributed by atoms with van der Waals surface area (Å²) in [6.07, 6.45) is 5.48. The molecule has 0 saturated heterocycles. The van der Waals surface area contributed by atoms with Crippen LogP contribution in [0.5, 0.6) is 0 Å². The molecule has 0 saturated carbocycles. The van der Waals surface area contributed by atoms with Gasteiger partial charge in [0, 0.05) is 23.7 Å². The Bertz CT molecular complexity index is 245. The van der Waals surface area contributed by atoms with Gasteiger partial charge in [0.15, 0.2) is 0 Å². The van der Waals surface area contributed by atoms with E-state index in [1.165, 1.54) is 0 Å². The molecule has 0 spiro atoms. The molecular weight excluding hydrogens is 158 g/mol. The van der Waals surface area contributed by atoms with Gasteiger partial charge in [0.05, 0.1) is 12.9 Å². The molecule has 0 fully saturated rings. The molecule has 66 valence electrons. The van der Waals surface area contributed by atoms with Crippen LogP contribution in [0.1, 0.15) is 13.3 Å². The first kappa shape index (κ1) is 8.70. The van der Waals surface area contributed by atoms with Crippen molar-refractivity contribution in [2.45, 2.75) is 25.9 Å². The highest BCUT2D eigenvalue weighted by Gasteiger charge is 2.16. The summed E-state index contributed by atoms with van der Waals surface area (Å²) >= 11 is 0. The molecular formula is C7H11N3O2. The van der Waals surface area contributed by atoms with Gasteiger partial charge in [0.1, 0.15) is 0 Å². The minimum absolute atomic E-state index is 0.250. The van der Waals surface area contributed by atoms with Gasteiger partial charge in [-0.1, -0.05) is 6.92 Å². The average molecular weight is 169 g/mol. The lowest BCUT2D eigenvalue weighted by atomic mass is 10.2. The number of aromatic nitrogens is 2. The van der Waals surface area contributed by atoms with Crippen molar-refractivity contribution in [2.75, 3.05) is 0 Å². The number of hydrogen-bond acceptors (Lipinski definition) is 3. The monoisotopic (exact) mass is 169 g/mol. The maximum absolute atomic E-state index is 10.4. The van der Waals surface area contributed by atoms with Gasteiger partial charge in [-0.05, 0) is 0 Å². The van der Waals surface area contributed by atoms with E-state index in [-0.39, 0.29) is 4.92 Å². The Balaban J connectivity index is 2.54. The van der Waals surface area contributed by atoms with Crippen LogP contribution < -0.4 is 0 Å². The van der Waals surface area contributed by atoms with Crippen molar-refractivity contribution in [3.63, 3.8) is 0 Å². The SMILES string of the molecule is CCC(Cn1ccnc1)[N+](=O)[O-]. The largest absolute Gasteiger partial charge is 0.331 e. The molecule has 0 aliphatic carbocycles. The third-order valence-electron chi connectivity index (χ3n) is 1.75. The minimum atomic E-state index is -0.501. The Morgan fingerprint density at radius 2 is 2.50 bits per heavy atom. The topological polar surface area (TPSA) is 61.0 Å². The highest BCUT2D eigenvalue weighted by molar-refractivity contribution is 4.75. The van der Waals surface area contributed by atoms with Gasteiger partial charge in [0.2, 0.25) is 6.04 Å². The van der Waals surface area contributed by atoms with Gasteiger partial charge in [-0.2, -0.15) is 0 Å². The highest BCUT2D eigenvalue weighted by atomic mass is 16.6. The summed E-state index contributed by atoms with van der Waals surface area (Å²) in [6.45, 7) is 2.22. The number of nitrogens with zero attached hydrogens (tertiary/aromatic N) is 3. The van der Waals surface area contributed by atoms with Crippen LogP contribution in [0.3, 0.4) is 0 Å². The first-order valence-electron chi connectivity index (χ1n) is 3.83. The van der Waals surface area contributed by atoms with Crippen LogP contribution in [0, 0.1) is 10.1 Å². The van der Waals surface area contributed by atoms with Crippen LogP contribution in [0.2, 0.25) is 0 Å². The second-order valence-corrected chi connectivity index (χ2v) is 2.61. The summed E-state index contributed by atoms with van der Waals surface area (Å²) in [5, 5.41) is 10.4. The summed E-state index contributed by atoms with van der Waals surface area (Å²) in [7, 11) is 0. The number of rotatable bonds is 4. The average Bonchev–Trinajstić information content (AvgIpc) is 2.51. The van der Waals surface area contributed by atoms with Gasteiger partial charge in [-0.15, -0.1) is 0 Å². The van der Waals surface area contributed by atoms with Crippen LogP contribution in [0.15, 0.2) is 18.7 Å². The molecule has 0 bridgehead atoms. The summed E-state index contributed by atoms with van der Waals surface area (Å²) < 4.78 is 1.72. The first-order chi connectivity index (χ1) is 5.74. The van der Waals surface area contributed by atoms with Crippen molar-refractivity contribution >= 4 is 0 Å². The van der Waals surface area contributed by atoms with Crippen LogP contribution in [-0.2, 0) is 6.54 Å². The molecule has 5 nitrogen and oxygen atoms in total. The fourth-order valence-electron chi connectivity index (χ4n) is 0.983. The molecule has 0 N–H and O–H groups in total. The van der Waals surface area contributed by atoms with Crippen LogP contribution in [-0.4, -0.2) is 20.5 Å². The maximum atomic E-state index is 10.4. The van der Waals surface area contributed by atoms with E-state index in [4.69, 9.17) is 0 Å². The first-order valence-corrected chi connectivity index (χ1v) is 3.83. The summed E-state index contributed by atoms with van der Waals surface area (Å²) in [6, 6.07) is -0.501. The van der Waals surface area contributed by atoms with Crippen molar-refractivity contribution in [3.05, 3.63) is 28.8 Å². The van der Waals surface area contributed by atoms with Crippen LogP contribution in [0.4, 0.5) is 0 Å². The molecule has 0 aromatic carbocycles. The van der Waals surface area contributed by atoms with Crippen molar-refractivity contribution in [1.29, 1.82) is 0 Å². The van der Waals surface area contributed by atoms with E-state index in [0.717, 1.165) is 0 Å². The van der Waals surface area contributed by atoms with E-state index in [2.05, 4.69) is 4.98 Å². The van der Waals surface area contributed by atoms with Crippen molar-refractivity contribution in [1.82, 2.24) is 9.55 Å². The zero-order valence-corrected chi connectivity index (χ0v) is 6.88. The standard InChI is InChI=1S/C7H11N3O2/c1-2-7(10(11)12)5-9-4-3-8-6-9/h3-4,6-7H,2,5H2,1H3. The molecule has 5 heteroatoms. The number of nitro groups is 1. The zero-order chi connectivity index (χ0) is 8.97. The molecule has 1 aromatic heterocycles. The second-order valence-electron chi connectivity index (χ2n) is 2.61. The van der Waals surface area contributed by atoms with Crippen molar-refractivity contribution in [2.24, 2.45) is 0 Å². The fourth-order valence-corrected chi connectivity index (χ4v) is 0.983. The van der Waals surface area contributed by atoms with Gasteiger partial charge in [0.25, 0.3) is 0 Å². The van der Waals surface area contributed by atoms with Gasteiger partial charge < -0.3 is 4.57 Å². The van der Waals surface area contributed by atoms with Crippen LogP contribution in [0.25, 0.3) is 0 Å². The predicted octanol–water partition coefficient (Wildman–Crippen LogP) is 0.938. The zero-order valence-electron chi connectivity index (χ0n) is 6.88. The Kier molecular flexibility index (Phi) is 2.79. The summed E-state index contributed by atoms with van der Waals surface area (Å²) in [4.78, 5) is 14.0. The van der Waals surface area contributed by atoms with Crippen molar-refractivity contribution < 1.29 is 4.92 Å². The predicted molar refractivity (Wildman–Crippen MR) is 43.3 cm³/mol. The quantitative estimate of drug-likeness (QED) is 0.497. The third-order valence-corrected chi connectivity index (χ3v) is 1.75. The Morgan fingerprint density at radius 1 is 1.75 bits per heavy atom.